The van der Waals surface area contributed by atoms with Gasteiger partial charge in [0.1, 0.15) is 12.2 Å². The van der Waals surface area contributed by atoms with E-state index in [1.807, 2.05) is 94.4 Å². The molecule has 42 heavy (non-hydrogen) atoms. The monoisotopic (exact) mass is 571 g/mol. The highest BCUT2D eigenvalue weighted by atomic mass is 16.6. The Morgan fingerprint density at radius 1 is 0.857 bits per heavy atom. The lowest BCUT2D eigenvalue weighted by Gasteiger charge is -2.37. The summed E-state index contributed by atoms with van der Waals surface area (Å²) in [6.07, 6.45) is 1.53. The summed E-state index contributed by atoms with van der Waals surface area (Å²) in [5.74, 6) is 0. The maximum Gasteiger partial charge on any atom is 0.410 e. The van der Waals surface area contributed by atoms with Gasteiger partial charge in [0.05, 0.1) is 6.04 Å². The Morgan fingerprint density at radius 2 is 1.40 bits per heavy atom. The summed E-state index contributed by atoms with van der Waals surface area (Å²) < 4.78 is 11.3. The van der Waals surface area contributed by atoms with Crippen molar-refractivity contribution < 1.29 is 19.1 Å². The summed E-state index contributed by atoms with van der Waals surface area (Å²) >= 11 is 0. The maximum absolute atomic E-state index is 13.4. The molecule has 7 heteroatoms. The highest BCUT2D eigenvalue weighted by molar-refractivity contribution is 5.69. The molecule has 7 nitrogen and oxygen atoms in total. The Morgan fingerprint density at radius 3 is 1.95 bits per heavy atom. The van der Waals surface area contributed by atoms with Crippen LogP contribution in [-0.2, 0) is 29.0 Å². The normalized spacial score (nSPS) is 12.7. The van der Waals surface area contributed by atoms with Gasteiger partial charge in [-0.2, -0.15) is 0 Å². The van der Waals surface area contributed by atoms with Crippen molar-refractivity contribution in [2.75, 3.05) is 19.6 Å². The van der Waals surface area contributed by atoms with E-state index in [4.69, 9.17) is 9.47 Å². The number of ether oxygens (including phenoxy) is 2. The van der Waals surface area contributed by atoms with Crippen LogP contribution in [-0.4, -0.2) is 59.3 Å². The largest absolute Gasteiger partial charge is 0.445 e. The predicted octanol–water partition coefficient (Wildman–Crippen LogP) is 6.84. The van der Waals surface area contributed by atoms with Gasteiger partial charge in [-0.1, -0.05) is 97.1 Å². The van der Waals surface area contributed by atoms with Gasteiger partial charge in [0, 0.05) is 32.2 Å². The van der Waals surface area contributed by atoms with Crippen LogP contribution in [0, 0.1) is 0 Å². The van der Waals surface area contributed by atoms with E-state index in [9.17, 15) is 9.59 Å². The van der Waals surface area contributed by atoms with Crippen LogP contribution in [0.2, 0.25) is 0 Å². The molecule has 1 N–H and O–H groups in total. The van der Waals surface area contributed by atoms with E-state index in [1.165, 1.54) is 0 Å². The van der Waals surface area contributed by atoms with E-state index in [0.717, 1.165) is 16.7 Å². The van der Waals surface area contributed by atoms with Crippen molar-refractivity contribution in [3.05, 3.63) is 120 Å². The van der Waals surface area contributed by atoms with Crippen molar-refractivity contribution in [1.29, 1.82) is 0 Å². The van der Waals surface area contributed by atoms with E-state index < -0.39 is 11.7 Å². The lowest BCUT2D eigenvalue weighted by atomic mass is 10.0. The van der Waals surface area contributed by atoms with Crippen LogP contribution in [0.5, 0.6) is 0 Å². The van der Waals surface area contributed by atoms with E-state index in [0.29, 0.717) is 32.6 Å². The third-order valence-corrected chi connectivity index (χ3v) is 6.54. The summed E-state index contributed by atoms with van der Waals surface area (Å²) in [6, 6.07) is 29.5. The van der Waals surface area contributed by atoms with Crippen LogP contribution >= 0.6 is 0 Å². The fraction of sp³-hybridized carbons (Fsp3) is 0.371. The van der Waals surface area contributed by atoms with Gasteiger partial charge in [-0.3, -0.25) is 9.80 Å². The Kier molecular flexibility index (Phi) is 12.6. The molecule has 0 spiro atoms. The third kappa shape index (κ3) is 11.8. The molecule has 0 aliphatic carbocycles. The van der Waals surface area contributed by atoms with Crippen LogP contribution in [0.25, 0.3) is 0 Å². The molecule has 2 atom stereocenters. The lowest BCUT2D eigenvalue weighted by Crippen LogP contribution is -2.51. The standard InChI is InChI=1S/C35H45N3O4/c1-6-22-38(34(40)42-35(3,4)5)32(23-29-16-10-7-11-17-29)26-37(25-30-18-12-8-13-19-30)24-28(2)36-33(39)41-27-31-20-14-9-15-21-31/h6-21,28,32H,1,22-27H2,2-5H3,(H,36,39). The van der Waals surface area contributed by atoms with Gasteiger partial charge in [-0.05, 0) is 50.8 Å². The molecule has 0 aliphatic heterocycles. The number of hydrogen-bond acceptors (Lipinski definition) is 5. The fourth-order valence-electron chi connectivity index (χ4n) is 4.73. The van der Waals surface area contributed by atoms with Crippen molar-refractivity contribution in [3.8, 4) is 0 Å². The second-order valence-electron chi connectivity index (χ2n) is 11.6. The Hall–Kier alpha value is -4.10. The quantitative estimate of drug-likeness (QED) is 0.215. The lowest BCUT2D eigenvalue weighted by molar-refractivity contribution is 0.0144. The van der Waals surface area contributed by atoms with E-state index in [2.05, 4.69) is 41.1 Å². The molecular formula is C35H45N3O4. The molecule has 224 valence electrons. The van der Waals surface area contributed by atoms with Gasteiger partial charge in [0.15, 0.2) is 0 Å². The fourth-order valence-corrected chi connectivity index (χ4v) is 4.73. The van der Waals surface area contributed by atoms with Gasteiger partial charge >= 0.3 is 12.2 Å². The zero-order valence-corrected chi connectivity index (χ0v) is 25.4. The third-order valence-electron chi connectivity index (χ3n) is 6.54. The molecule has 0 aliphatic rings. The average Bonchev–Trinajstić information content (AvgIpc) is 2.95. The summed E-state index contributed by atoms with van der Waals surface area (Å²) in [5, 5.41) is 2.97. The molecule has 0 saturated carbocycles. The van der Waals surface area contributed by atoms with Crippen LogP contribution in [0.3, 0.4) is 0 Å². The Bertz CT molecular complexity index is 1230. The minimum Gasteiger partial charge on any atom is -0.445 e. The second-order valence-corrected chi connectivity index (χ2v) is 11.6. The summed E-state index contributed by atoms with van der Waals surface area (Å²) in [5.41, 5.74) is 2.56. The van der Waals surface area contributed by atoms with Crippen molar-refractivity contribution >= 4 is 12.2 Å². The highest BCUT2D eigenvalue weighted by Crippen LogP contribution is 2.18. The molecule has 3 aromatic rings. The Labute approximate surface area is 251 Å². The molecule has 0 bridgehead atoms. The van der Waals surface area contributed by atoms with E-state index in [1.54, 1.807) is 11.0 Å². The molecular weight excluding hydrogens is 526 g/mol. The summed E-state index contributed by atoms with van der Waals surface area (Å²) in [7, 11) is 0. The number of rotatable bonds is 14. The molecule has 0 fully saturated rings. The zero-order chi connectivity index (χ0) is 30.4. The minimum absolute atomic E-state index is 0.205. The number of alkyl carbamates (subject to hydrolysis) is 1. The van der Waals surface area contributed by atoms with Crippen molar-refractivity contribution in [1.82, 2.24) is 15.1 Å². The van der Waals surface area contributed by atoms with Crippen LogP contribution in [0.1, 0.15) is 44.4 Å². The SMILES string of the molecule is C=CCN(C(=O)OC(C)(C)C)C(Cc1ccccc1)CN(Cc1ccccc1)CC(C)NC(=O)OCc1ccccc1. The van der Waals surface area contributed by atoms with Crippen LogP contribution in [0.15, 0.2) is 104 Å². The average molecular weight is 572 g/mol. The van der Waals surface area contributed by atoms with Crippen molar-refractivity contribution in [2.24, 2.45) is 0 Å². The van der Waals surface area contributed by atoms with Crippen molar-refractivity contribution in [3.63, 3.8) is 0 Å². The molecule has 3 rings (SSSR count). The number of carbonyl (C=O) groups excluding carboxylic acids is 2. The molecule has 2 amide bonds. The first-order chi connectivity index (χ1) is 20.1. The minimum atomic E-state index is -0.629. The highest BCUT2D eigenvalue weighted by Gasteiger charge is 2.30. The molecule has 0 aromatic heterocycles. The number of amides is 2. The van der Waals surface area contributed by atoms with Gasteiger partial charge in [-0.15, -0.1) is 6.58 Å². The topological polar surface area (TPSA) is 71.1 Å². The van der Waals surface area contributed by atoms with Gasteiger partial charge in [-0.25, -0.2) is 9.59 Å². The molecule has 0 heterocycles. The summed E-state index contributed by atoms with van der Waals surface area (Å²) in [6.45, 7) is 13.8. The summed E-state index contributed by atoms with van der Waals surface area (Å²) in [4.78, 5) is 30.1. The molecule has 2 unspecified atom stereocenters. The van der Waals surface area contributed by atoms with Crippen molar-refractivity contribution in [2.45, 2.75) is 65.0 Å². The first-order valence-electron chi connectivity index (χ1n) is 14.5. The number of nitrogens with zero attached hydrogens (tertiary/aromatic N) is 2. The van der Waals surface area contributed by atoms with Gasteiger partial charge in [0.25, 0.3) is 0 Å². The number of carbonyl (C=O) groups is 2. The van der Waals surface area contributed by atoms with Crippen LogP contribution in [0.4, 0.5) is 9.59 Å². The predicted molar refractivity (Wildman–Crippen MR) is 168 cm³/mol. The van der Waals surface area contributed by atoms with Gasteiger partial charge in [0.2, 0.25) is 0 Å². The van der Waals surface area contributed by atoms with Crippen LogP contribution < -0.4 is 5.32 Å². The molecule has 0 saturated heterocycles. The Balaban J connectivity index is 1.80. The molecule has 0 radical (unpaired) electrons. The first kappa shape index (κ1) is 32.4. The zero-order valence-electron chi connectivity index (χ0n) is 25.4. The number of hydrogen-bond donors (Lipinski definition) is 1. The number of nitrogens with one attached hydrogen (secondary N) is 1. The van der Waals surface area contributed by atoms with Gasteiger partial charge < -0.3 is 14.8 Å². The maximum atomic E-state index is 13.4. The number of benzene rings is 3. The smallest absolute Gasteiger partial charge is 0.410 e. The second kappa shape index (κ2) is 16.4. The van der Waals surface area contributed by atoms with E-state index in [-0.39, 0.29) is 24.8 Å². The van der Waals surface area contributed by atoms with E-state index >= 15 is 0 Å². The first-order valence-corrected chi connectivity index (χ1v) is 14.5. The molecule has 3 aromatic carbocycles.